The monoisotopic (exact) mass is 391 g/mol. The molecule has 0 aliphatic carbocycles. The minimum absolute atomic E-state index is 0.0990. The van der Waals surface area contributed by atoms with Crippen molar-refractivity contribution in [2.24, 2.45) is 0 Å². The fraction of sp³-hybridized carbons (Fsp3) is 0.273. The lowest BCUT2D eigenvalue weighted by atomic mass is 9.89. The second kappa shape index (κ2) is 6.34. The van der Waals surface area contributed by atoms with Gasteiger partial charge in [-0.3, -0.25) is 9.69 Å². The van der Waals surface area contributed by atoms with Crippen LogP contribution >= 0.6 is 12.2 Å². The summed E-state index contributed by atoms with van der Waals surface area (Å²) >= 11 is 5.74. The molecule has 1 aromatic heterocycles. The number of aromatic nitrogens is 1. The van der Waals surface area contributed by atoms with E-state index >= 15 is 0 Å². The quantitative estimate of drug-likeness (QED) is 0.693. The lowest BCUT2D eigenvalue weighted by Gasteiger charge is -2.37. The number of nitrogens with one attached hydrogen (secondary N) is 1. The third kappa shape index (κ3) is 2.31. The van der Waals surface area contributed by atoms with Gasteiger partial charge in [-0.1, -0.05) is 30.3 Å². The summed E-state index contributed by atoms with van der Waals surface area (Å²) in [6.07, 6.45) is 0.668. The lowest BCUT2D eigenvalue weighted by Crippen LogP contribution is -2.44. The molecule has 5 rings (SSSR count). The standard InChI is InChI=1S/C22H21N3O2S/c1-3-24-21(26)18-12-16-15-6-4-5-7-17(15)23-19(16)20(25(18)22(24)28)13-8-10-14(27-2)11-9-13/h4-11,18,20,23H,3,12H2,1-2H3/t18-,20+/m0/s1. The lowest BCUT2D eigenvalue weighted by molar-refractivity contribution is -0.128. The number of H-pyrrole nitrogens is 1. The molecule has 0 saturated carbocycles. The number of amides is 1. The Bertz CT molecular complexity index is 1090. The Balaban J connectivity index is 1.73. The van der Waals surface area contributed by atoms with Crippen LogP contribution in [0.2, 0.25) is 0 Å². The largest absolute Gasteiger partial charge is 0.497 e. The van der Waals surface area contributed by atoms with Crippen LogP contribution in [0.1, 0.15) is 29.8 Å². The van der Waals surface area contributed by atoms with Gasteiger partial charge in [-0.2, -0.15) is 0 Å². The molecule has 2 aromatic carbocycles. The number of rotatable bonds is 3. The number of fused-ring (bicyclic) bond motifs is 4. The number of hydrogen-bond acceptors (Lipinski definition) is 3. The number of methoxy groups -OCH3 is 1. The minimum Gasteiger partial charge on any atom is -0.497 e. The van der Waals surface area contributed by atoms with Gasteiger partial charge in [0.2, 0.25) is 0 Å². The second-order valence-electron chi connectivity index (χ2n) is 7.23. The molecule has 3 heterocycles. The molecule has 3 aromatic rings. The molecule has 0 spiro atoms. The van der Waals surface area contributed by atoms with E-state index in [4.69, 9.17) is 17.0 Å². The number of thiocarbonyl (C=S) groups is 1. The SMILES string of the molecule is CCN1C(=O)[C@@H]2Cc3c([nH]c4ccccc34)[C@@H](c3ccc(OC)cc3)N2C1=S. The van der Waals surface area contributed by atoms with E-state index in [9.17, 15) is 4.79 Å². The maximum Gasteiger partial charge on any atom is 0.251 e. The summed E-state index contributed by atoms with van der Waals surface area (Å²) in [6, 6.07) is 15.9. The Labute approximate surface area is 168 Å². The molecule has 1 amide bonds. The van der Waals surface area contributed by atoms with Crippen LogP contribution in [0.4, 0.5) is 0 Å². The normalized spacial score (nSPS) is 21.2. The van der Waals surface area contributed by atoms with Crippen molar-refractivity contribution in [3.63, 3.8) is 0 Å². The molecule has 1 fully saturated rings. The van der Waals surface area contributed by atoms with Crippen LogP contribution in [-0.2, 0) is 11.2 Å². The van der Waals surface area contributed by atoms with Crippen molar-refractivity contribution in [3.05, 3.63) is 65.4 Å². The molecule has 1 N–H and O–H groups in total. The van der Waals surface area contributed by atoms with Gasteiger partial charge in [0.05, 0.1) is 13.2 Å². The molecular formula is C22H21N3O2S. The zero-order valence-corrected chi connectivity index (χ0v) is 16.6. The summed E-state index contributed by atoms with van der Waals surface area (Å²) in [4.78, 5) is 20.5. The number of ether oxygens (including phenoxy) is 1. The van der Waals surface area contributed by atoms with Crippen LogP contribution in [0.25, 0.3) is 10.9 Å². The van der Waals surface area contributed by atoms with Crippen LogP contribution in [0.3, 0.4) is 0 Å². The summed E-state index contributed by atoms with van der Waals surface area (Å²) < 4.78 is 5.32. The minimum atomic E-state index is -0.258. The van der Waals surface area contributed by atoms with E-state index in [2.05, 4.69) is 34.1 Å². The Kier molecular flexibility index (Phi) is 3.91. The predicted molar refractivity (Wildman–Crippen MR) is 112 cm³/mol. The van der Waals surface area contributed by atoms with Crippen molar-refractivity contribution in [2.45, 2.75) is 25.4 Å². The zero-order chi connectivity index (χ0) is 19.4. The number of carbonyl (C=O) groups excluding carboxylic acids is 1. The Morgan fingerprint density at radius 3 is 2.64 bits per heavy atom. The maximum atomic E-state index is 13.1. The molecule has 5 nitrogen and oxygen atoms in total. The maximum absolute atomic E-state index is 13.1. The predicted octanol–water partition coefficient (Wildman–Crippen LogP) is 3.64. The first kappa shape index (κ1) is 17.3. The number of para-hydroxylation sites is 1. The van der Waals surface area contributed by atoms with Crippen molar-refractivity contribution < 1.29 is 9.53 Å². The molecule has 2 atom stereocenters. The van der Waals surface area contributed by atoms with E-state index in [1.807, 2.05) is 31.2 Å². The van der Waals surface area contributed by atoms with Gasteiger partial charge in [0.15, 0.2) is 5.11 Å². The molecule has 0 bridgehead atoms. The van der Waals surface area contributed by atoms with Crippen LogP contribution < -0.4 is 4.74 Å². The van der Waals surface area contributed by atoms with Crippen LogP contribution in [0.5, 0.6) is 5.75 Å². The van der Waals surface area contributed by atoms with Crippen LogP contribution in [-0.4, -0.2) is 45.5 Å². The van der Waals surface area contributed by atoms with E-state index in [1.165, 1.54) is 10.9 Å². The highest BCUT2D eigenvalue weighted by atomic mass is 32.1. The van der Waals surface area contributed by atoms with Crippen LogP contribution in [0, 0.1) is 0 Å². The van der Waals surface area contributed by atoms with E-state index in [0.717, 1.165) is 22.5 Å². The van der Waals surface area contributed by atoms with Gasteiger partial charge in [-0.25, -0.2) is 0 Å². The molecule has 2 aliphatic heterocycles. The van der Waals surface area contributed by atoms with Crippen molar-refractivity contribution in [3.8, 4) is 5.75 Å². The smallest absolute Gasteiger partial charge is 0.251 e. The third-order valence-corrected chi connectivity index (χ3v) is 6.31. The first-order valence-corrected chi connectivity index (χ1v) is 9.92. The van der Waals surface area contributed by atoms with E-state index < -0.39 is 0 Å². The molecule has 142 valence electrons. The Hall–Kier alpha value is -2.86. The van der Waals surface area contributed by atoms with Crippen molar-refractivity contribution in [2.75, 3.05) is 13.7 Å². The third-order valence-electron chi connectivity index (χ3n) is 5.88. The number of hydrogen-bond donors (Lipinski definition) is 1. The van der Waals surface area contributed by atoms with E-state index in [-0.39, 0.29) is 18.0 Å². The summed E-state index contributed by atoms with van der Waals surface area (Å²) in [5, 5.41) is 1.80. The number of carbonyl (C=O) groups is 1. The van der Waals surface area contributed by atoms with Crippen molar-refractivity contribution in [1.29, 1.82) is 0 Å². The van der Waals surface area contributed by atoms with Gasteiger partial charge in [0, 0.05) is 29.6 Å². The van der Waals surface area contributed by atoms with E-state index in [0.29, 0.717) is 18.1 Å². The fourth-order valence-corrected chi connectivity index (χ4v) is 5.00. The molecule has 6 heteroatoms. The Morgan fingerprint density at radius 2 is 1.93 bits per heavy atom. The summed E-state index contributed by atoms with van der Waals surface area (Å²) in [7, 11) is 1.66. The van der Waals surface area contributed by atoms with Crippen molar-refractivity contribution >= 4 is 34.1 Å². The van der Waals surface area contributed by atoms with Gasteiger partial charge >= 0.3 is 0 Å². The highest BCUT2D eigenvalue weighted by molar-refractivity contribution is 7.80. The molecular weight excluding hydrogens is 370 g/mol. The van der Waals surface area contributed by atoms with Gasteiger partial charge < -0.3 is 14.6 Å². The fourth-order valence-electron chi connectivity index (χ4n) is 4.55. The van der Waals surface area contributed by atoms with Gasteiger partial charge in [-0.15, -0.1) is 0 Å². The number of nitrogens with zero attached hydrogens (tertiary/aromatic N) is 2. The summed E-state index contributed by atoms with van der Waals surface area (Å²) in [5.41, 5.74) is 4.52. The second-order valence-corrected chi connectivity index (χ2v) is 7.60. The molecule has 1 saturated heterocycles. The first-order chi connectivity index (χ1) is 13.6. The first-order valence-electron chi connectivity index (χ1n) is 9.51. The highest BCUT2D eigenvalue weighted by Gasteiger charge is 2.49. The number of likely N-dealkylation sites (N-methyl/N-ethyl adjacent to an activating group) is 1. The Morgan fingerprint density at radius 1 is 1.18 bits per heavy atom. The molecule has 0 unspecified atom stereocenters. The van der Waals surface area contributed by atoms with Crippen molar-refractivity contribution in [1.82, 2.24) is 14.8 Å². The average Bonchev–Trinajstić information content (AvgIpc) is 3.21. The van der Waals surface area contributed by atoms with Gasteiger partial charge in [-0.05, 0) is 48.5 Å². The molecule has 28 heavy (non-hydrogen) atoms. The van der Waals surface area contributed by atoms with E-state index in [1.54, 1.807) is 12.0 Å². The average molecular weight is 391 g/mol. The molecule has 0 radical (unpaired) electrons. The highest BCUT2D eigenvalue weighted by Crippen LogP contribution is 2.44. The number of aromatic amines is 1. The summed E-state index contributed by atoms with van der Waals surface area (Å²) in [6.45, 7) is 2.56. The van der Waals surface area contributed by atoms with Crippen LogP contribution in [0.15, 0.2) is 48.5 Å². The number of benzene rings is 2. The topological polar surface area (TPSA) is 48.6 Å². The summed E-state index contributed by atoms with van der Waals surface area (Å²) in [5.74, 6) is 0.908. The molecule has 2 aliphatic rings. The van der Waals surface area contributed by atoms with Gasteiger partial charge in [0.25, 0.3) is 5.91 Å². The zero-order valence-electron chi connectivity index (χ0n) is 15.8. The van der Waals surface area contributed by atoms with Gasteiger partial charge in [0.1, 0.15) is 11.8 Å².